The molecule has 1 aliphatic rings. The highest BCUT2D eigenvalue weighted by molar-refractivity contribution is 6.31. The van der Waals surface area contributed by atoms with Gasteiger partial charge >= 0.3 is 0 Å². The number of amides is 1. The van der Waals surface area contributed by atoms with Gasteiger partial charge in [-0.2, -0.15) is 0 Å². The van der Waals surface area contributed by atoms with E-state index >= 15 is 0 Å². The van der Waals surface area contributed by atoms with Crippen molar-refractivity contribution in [2.24, 2.45) is 0 Å². The molecule has 4 rings (SSSR count). The molecular formula is C20H15ClN2O3. The number of hydrogen-bond donors (Lipinski definition) is 1. The van der Waals surface area contributed by atoms with Crippen LogP contribution < -0.4 is 9.64 Å². The summed E-state index contributed by atoms with van der Waals surface area (Å²) in [6.07, 6.45) is 2.26. The Hall–Kier alpha value is -2.89. The van der Waals surface area contributed by atoms with Crippen LogP contribution in [0.3, 0.4) is 0 Å². The number of ether oxygens (including phenoxy) is 1. The van der Waals surface area contributed by atoms with E-state index < -0.39 is 6.23 Å². The van der Waals surface area contributed by atoms with Crippen LogP contribution in [0.25, 0.3) is 0 Å². The summed E-state index contributed by atoms with van der Waals surface area (Å²) in [6.45, 7) is 0.226. The maximum Gasteiger partial charge on any atom is 0.261 e. The second-order valence-corrected chi connectivity index (χ2v) is 6.30. The Morgan fingerprint density at radius 2 is 2.00 bits per heavy atom. The van der Waals surface area contributed by atoms with Gasteiger partial charge in [-0.25, -0.2) is 0 Å². The molecule has 1 aromatic heterocycles. The number of benzene rings is 2. The van der Waals surface area contributed by atoms with E-state index in [1.54, 1.807) is 67.0 Å². The highest BCUT2D eigenvalue weighted by Crippen LogP contribution is 2.37. The van der Waals surface area contributed by atoms with E-state index in [-0.39, 0.29) is 12.5 Å². The standard InChI is InChI=1S/C20H15ClN2O3/c21-18-8-7-14(10-13(18)12-26-15-4-3-9-22-11-15)23-19(24)16-5-1-2-6-17(16)20(23)25/h1-11,19,24H,12H2. The number of carbonyl (C=O) groups is 1. The highest BCUT2D eigenvalue weighted by Gasteiger charge is 2.36. The molecule has 0 fully saturated rings. The molecular weight excluding hydrogens is 352 g/mol. The molecule has 26 heavy (non-hydrogen) atoms. The topological polar surface area (TPSA) is 62.7 Å². The zero-order valence-electron chi connectivity index (χ0n) is 13.7. The first-order chi connectivity index (χ1) is 12.6. The molecule has 1 aliphatic heterocycles. The highest BCUT2D eigenvalue weighted by atomic mass is 35.5. The molecule has 0 bridgehead atoms. The minimum absolute atomic E-state index is 0.226. The number of nitrogens with zero attached hydrogens (tertiary/aromatic N) is 2. The average Bonchev–Trinajstić information content (AvgIpc) is 2.93. The molecule has 0 saturated heterocycles. The lowest BCUT2D eigenvalue weighted by Crippen LogP contribution is -2.27. The third kappa shape index (κ3) is 2.92. The molecule has 0 spiro atoms. The zero-order chi connectivity index (χ0) is 18.1. The van der Waals surface area contributed by atoms with Crippen LogP contribution in [-0.2, 0) is 6.61 Å². The fraction of sp³-hybridized carbons (Fsp3) is 0.100. The number of anilines is 1. The van der Waals surface area contributed by atoms with Crippen LogP contribution in [0, 0.1) is 0 Å². The molecule has 1 unspecified atom stereocenters. The average molecular weight is 367 g/mol. The van der Waals surface area contributed by atoms with Crippen molar-refractivity contribution < 1.29 is 14.6 Å². The van der Waals surface area contributed by atoms with Crippen molar-refractivity contribution in [3.63, 3.8) is 0 Å². The first-order valence-corrected chi connectivity index (χ1v) is 8.45. The first-order valence-electron chi connectivity index (χ1n) is 8.07. The van der Waals surface area contributed by atoms with Crippen molar-refractivity contribution in [2.45, 2.75) is 12.8 Å². The molecule has 1 amide bonds. The van der Waals surface area contributed by atoms with Gasteiger partial charge in [-0.1, -0.05) is 29.8 Å². The predicted octanol–water partition coefficient (Wildman–Crippen LogP) is 3.97. The summed E-state index contributed by atoms with van der Waals surface area (Å²) >= 11 is 6.27. The van der Waals surface area contributed by atoms with Crippen molar-refractivity contribution in [2.75, 3.05) is 4.90 Å². The molecule has 2 aromatic carbocycles. The molecule has 1 atom stereocenters. The van der Waals surface area contributed by atoms with Crippen LogP contribution >= 0.6 is 11.6 Å². The molecule has 1 N–H and O–H groups in total. The third-order valence-corrected chi connectivity index (χ3v) is 4.64. The van der Waals surface area contributed by atoms with Crippen LogP contribution in [-0.4, -0.2) is 16.0 Å². The van der Waals surface area contributed by atoms with Crippen molar-refractivity contribution in [1.29, 1.82) is 0 Å². The summed E-state index contributed by atoms with van der Waals surface area (Å²) in [5, 5.41) is 11.1. The number of aliphatic hydroxyl groups is 1. The molecule has 0 saturated carbocycles. The van der Waals surface area contributed by atoms with E-state index in [1.165, 1.54) is 4.90 Å². The van der Waals surface area contributed by atoms with Crippen LogP contribution in [0.1, 0.15) is 27.7 Å². The van der Waals surface area contributed by atoms with Gasteiger partial charge in [0.1, 0.15) is 12.4 Å². The van der Waals surface area contributed by atoms with Gasteiger partial charge in [0, 0.05) is 33.6 Å². The van der Waals surface area contributed by atoms with Crippen molar-refractivity contribution >= 4 is 23.2 Å². The van der Waals surface area contributed by atoms with Gasteiger partial charge in [0.2, 0.25) is 0 Å². The van der Waals surface area contributed by atoms with Gasteiger partial charge in [-0.05, 0) is 36.4 Å². The number of pyridine rings is 1. The van der Waals surface area contributed by atoms with Gasteiger partial charge in [-0.3, -0.25) is 14.7 Å². The van der Waals surface area contributed by atoms with Gasteiger partial charge in [0.15, 0.2) is 6.23 Å². The Morgan fingerprint density at radius 1 is 1.15 bits per heavy atom. The molecule has 0 aliphatic carbocycles. The molecule has 5 nitrogen and oxygen atoms in total. The van der Waals surface area contributed by atoms with Crippen LogP contribution in [0.4, 0.5) is 5.69 Å². The number of aromatic nitrogens is 1. The Morgan fingerprint density at radius 3 is 2.77 bits per heavy atom. The fourth-order valence-electron chi connectivity index (χ4n) is 2.97. The second kappa shape index (κ2) is 6.78. The maximum absolute atomic E-state index is 12.7. The summed E-state index contributed by atoms with van der Waals surface area (Å²) in [5.74, 6) is 0.383. The van der Waals surface area contributed by atoms with E-state index in [0.29, 0.717) is 33.1 Å². The quantitative estimate of drug-likeness (QED) is 0.759. The lowest BCUT2D eigenvalue weighted by molar-refractivity contribution is 0.0935. The normalized spacial score (nSPS) is 15.8. The summed E-state index contributed by atoms with van der Waals surface area (Å²) in [6, 6.07) is 15.8. The molecule has 130 valence electrons. The van der Waals surface area contributed by atoms with E-state index in [4.69, 9.17) is 16.3 Å². The van der Waals surface area contributed by atoms with Crippen LogP contribution in [0.2, 0.25) is 5.02 Å². The Labute approximate surface area is 155 Å². The summed E-state index contributed by atoms with van der Waals surface area (Å²) in [4.78, 5) is 18.0. The van der Waals surface area contributed by atoms with Crippen molar-refractivity contribution in [1.82, 2.24) is 4.98 Å². The third-order valence-electron chi connectivity index (χ3n) is 4.27. The largest absolute Gasteiger partial charge is 0.487 e. The van der Waals surface area contributed by atoms with Gasteiger partial charge in [-0.15, -0.1) is 0 Å². The number of aliphatic hydroxyl groups excluding tert-OH is 1. The lowest BCUT2D eigenvalue weighted by Gasteiger charge is -2.22. The van der Waals surface area contributed by atoms with Crippen molar-refractivity contribution in [3.05, 3.63) is 88.7 Å². The summed E-state index contributed by atoms with van der Waals surface area (Å²) < 4.78 is 5.69. The van der Waals surface area contributed by atoms with Gasteiger partial charge < -0.3 is 9.84 Å². The monoisotopic (exact) mass is 366 g/mol. The number of fused-ring (bicyclic) bond motifs is 1. The number of rotatable bonds is 4. The van der Waals surface area contributed by atoms with E-state index in [2.05, 4.69) is 4.98 Å². The first kappa shape index (κ1) is 16.6. The molecule has 2 heterocycles. The SMILES string of the molecule is O=C1c2ccccc2C(O)N1c1ccc(Cl)c(COc2cccnc2)c1. The molecule has 0 radical (unpaired) electrons. The number of carbonyl (C=O) groups excluding carboxylic acids is 1. The zero-order valence-corrected chi connectivity index (χ0v) is 14.4. The maximum atomic E-state index is 12.7. The molecule has 6 heteroatoms. The van der Waals surface area contributed by atoms with E-state index in [1.807, 2.05) is 0 Å². The van der Waals surface area contributed by atoms with E-state index in [0.717, 1.165) is 0 Å². The van der Waals surface area contributed by atoms with Crippen LogP contribution in [0.5, 0.6) is 5.75 Å². The van der Waals surface area contributed by atoms with Gasteiger partial charge in [0.05, 0.1) is 6.20 Å². The minimum Gasteiger partial charge on any atom is -0.487 e. The second-order valence-electron chi connectivity index (χ2n) is 5.89. The summed E-state index contributed by atoms with van der Waals surface area (Å²) in [7, 11) is 0. The lowest BCUT2D eigenvalue weighted by atomic mass is 10.1. The van der Waals surface area contributed by atoms with Gasteiger partial charge in [0.25, 0.3) is 5.91 Å². The Kier molecular flexibility index (Phi) is 4.32. The molecule has 3 aromatic rings. The van der Waals surface area contributed by atoms with Crippen molar-refractivity contribution in [3.8, 4) is 5.75 Å². The summed E-state index contributed by atoms with van der Waals surface area (Å²) in [5.41, 5.74) is 2.38. The minimum atomic E-state index is -1.02. The van der Waals surface area contributed by atoms with E-state index in [9.17, 15) is 9.90 Å². The fourth-order valence-corrected chi connectivity index (χ4v) is 3.14. The number of halogens is 1. The smallest absolute Gasteiger partial charge is 0.261 e. The van der Waals surface area contributed by atoms with Crippen LogP contribution in [0.15, 0.2) is 67.0 Å². The Balaban J connectivity index is 1.61. The Bertz CT molecular complexity index is 962. The predicted molar refractivity (Wildman–Crippen MR) is 98.2 cm³/mol. The number of hydrogen-bond acceptors (Lipinski definition) is 4.